The predicted molar refractivity (Wildman–Crippen MR) is 92.9 cm³/mol. The van der Waals surface area contributed by atoms with Gasteiger partial charge in [-0.2, -0.15) is 0 Å². The van der Waals surface area contributed by atoms with Crippen molar-refractivity contribution in [2.45, 2.75) is 51.4 Å². The van der Waals surface area contributed by atoms with Crippen LogP contribution < -0.4 is 5.32 Å². The highest BCUT2D eigenvalue weighted by Crippen LogP contribution is 2.23. The van der Waals surface area contributed by atoms with Crippen molar-refractivity contribution in [1.82, 2.24) is 5.32 Å². The number of amides is 1. The van der Waals surface area contributed by atoms with Crippen molar-refractivity contribution in [1.29, 1.82) is 0 Å². The molecular formula is C20H25NO3. The topological polar surface area (TPSA) is 55.4 Å². The molecule has 1 N–H and O–H groups in total. The summed E-state index contributed by atoms with van der Waals surface area (Å²) in [5.41, 5.74) is 4.52. The smallest absolute Gasteiger partial charge is 0.338 e. The maximum Gasteiger partial charge on any atom is 0.338 e. The van der Waals surface area contributed by atoms with Gasteiger partial charge in [0, 0.05) is 6.54 Å². The highest BCUT2D eigenvalue weighted by molar-refractivity contribution is 5.91. The van der Waals surface area contributed by atoms with Gasteiger partial charge in [-0.25, -0.2) is 4.79 Å². The lowest BCUT2D eigenvalue weighted by Crippen LogP contribution is -2.29. The summed E-state index contributed by atoms with van der Waals surface area (Å²) in [4.78, 5) is 23.9. The zero-order valence-corrected chi connectivity index (χ0v) is 14.1. The quantitative estimate of drug-likeness (QED) is 0.644. The molecule has 0 bridgehead atoms. The Bertz CT molecular complexity index is 648. The van der Waals surface area contributed by atoms with Crippen LogP contribution in [0, 0.1) is 0 Å². The number of hydrogen-bond acceptors (Lipinski definition) is 3. The van der Waals surface area contributed by atoms with Crippen molar-refractivity contribution >= 4 is 11.9 Å². The summed E-state index contributed by atoms with van der Waals surface area (Å²) in [5.74, 6) is -0.657. The van der Waals surface area contributed by atoms with Crippen LogP contribution in [0.25, 0.3) is 0 Å². The fourth-order valence-electron chi connectivity index (χ4n) is 3.46. The Labute approximate surface area is 143 Å². The first-order valence-electron chi connectivity index (χ1n) is 8.96. The van der Waals surface area contributed by atoms with Crippen molar-refractivity contribution in [2.75, 3.05) is 13.2 Å². The fraction of sp³-hybridized carbons (Fsp3) is 0.500. The SMILES string of the molecule is O=C(COC(=O)c1ccc2c(c1)CCC2)NCCC1=CCCCC1. The molecule has 0 saturated heterocycles. The number of allylic oxidation sites excluding steroid dienone is 1. The number of hydrogen-bond donors (Lipinski definition) is 1. The third-order valence-corrected chi connectivity index (χ3v) is 4.82. The molecule has 0 aliphatic heterocycles. The van der Waals surface area contributed by atoms with E-state index in [2.05, 4.69) is 11.4 Å². The average molecular weight is 327 g/mol. The molecular weight excluding hydrogens is 302 g/mol. The number of carbonyl (C=O) groups excluding carboxylic acids is 2. The van der Waals surface area contributed by atoms with Crippen molar-refractivity contribution in [3.05, 3.63) is 46.5 Å². The molecule has 0 atom stereocenters. The van der Waals surface area contributed by atoms with Crippen LogP contribution >= 0.6 is 0 Å². The largest absolute Gasteiger partial charge is 0.452 e. The van der Waals surface area contributed by atoms with Crippen LogP contribution in [0.3, 0.4) is 0 Å². The highest BCUT2D eigenvalue weighted by atomic mass is 16.5. The Morgan fingerprint density at radius 2 is 1.92 bits per heavy atom. The van der Waals surface area contributed by atoms with Gasteiger partial charge in [0.25, 0.3) is 5.91 Å². The van der Waals surface area contributed by atoms with Crippen LogP contribution in [0.4, 0.5) is 0 Å². The van der Waals surface area contributed by atoms with Crippen LogP contribution in [0.1, 0.15) is 60.0 Å². The Balaban J connectivity index is 1.39. The molecule has 0 heterocycles. The number of benzene rings is 1. The maximum absolute atomic E-state index is 12.1. The minimum Gasteiger partial charge on any atom is -0.452 e. The molecule has 0 saturated carbocycles. The Hall–Kier alpha value is -2.10. The normalized spacial score (nSPS) is 16.2. The van der Waals surface area contributed by atoms with Gasteiger partial charge in [0.2, 0.25) is 0 Å². The van der Waals surface area contributed by atoms with Gasteiger partial charge in [-0.3, -0.25) is 4.79 Å². The van der Waals surface area contributed by atoms with E-state index in [1.807, 2.05) is 12.1 Å². The minimum atomic E-state index is -0.421. The minimum absolute atomic E-state index is 0.213. The summed E-state index contributed by atoms with van der Waals surface area (Å²) >= 11 is 0. The van der Waals surface area contributed by atoms with E-state index in [1.54, 1.807) is 6.07 Å². The average Bonchev–Trinajstić information content (AvgIpc) is 3.08. The number of esters is 1. The monoisotopic (exact) mass is 327 g/mol. The maximum atomic E-state index is 12.1. The first-order valence-corrected chi connectivity index (χ1v) is 8.96. The third-order valence-electron chi connectivity index (χ3n) is 4.82. The van der Waals surface area contributed by atoms with Gasteiger partial charge in [0.15, 0.2) is 6.61 Å². The van der Waals surface area contributed by atoms with Crippen LogP contribution in [0.2, 0.25) is 0 Å². The molecule has 2 aliphatic carbocycles. The summed E-state index contributed by atoms with van der Waals surface area (Å²) in [7, 11) is 0. The zero-order valence-electron chi connectivity index (χ0n) is 14.1. The van der Waals surface area contributed by atoms with Crippen molar-refractivity contribution in [3.8, 4) is 0 Å². The van der Waals surface area contributed by atoms with Crippen LogP contribution in [-0.2, 0) is 22.4 Å². The number of rotatable bonds is 6. The van der Waals surface area contributed by atoms with E-state index in [0.29, 0.717) is 12.1 Å². The van der Waals surface area contributed by atoms with Gasteiger partial charge >= 0.3 is 5.97 Å². The first-order chi connectivity index (χ1) is 11.7. The molecule has 4 heteroatoms. The number of fused-ring (bicyclic) bond motifs is 1. The molecule has 0 fully saturated rings. The van der Waals surface area contributed by atoms with Crippen LogP contribution in [0.15, 0.2) is 29.8 Å². The predicted octanol–water partition coefficient (Wildman–Crippen LogP) is 3.34. The lowest BCUT2D eigenvalue weighted by Gasteiger charge is -2.13. The Kier molecular flexibility index (Phi) is 5.68. The van der Waals surface area contributed by atoms with Gasteiger partial charge in [-0.15, -0.1) is 0 Å². The molecule has 1 amide bonds. The van der Waals surface area contributed by atoms with Crippen molar-refractivity contribution < 1.29 is 14.3 Å². The molecule has 0 unspecified atom stereocenters. The van der Waals surface area contributed by atoms with Gasteiger partial charge < -0.3 is 10.1 Å². The van der Waals surface area contributed by atoms with Gasteiger partial charge in [0.05, 0.1) is 5.56 Å². The Morgan fingerprint density at radius 3 is 2.75 bits per heavy atom. The fourth-order valence-corrected chi connectivity index (χ4v) is 3.46. The van der Waals surface area contributed by atoms with E-state index in [4.69, 9.17) is 4.74 Å². The van der Waals surface area contributed by atoms with E-state index in [-0.39, 0.29) is 12.5 Å². The molecule has 0 aromatic heterocycles. The summed E-state index contributed by atoms with van der Waals surface area (Å²) < 4.78 is 5.13. The lowest BCUT2D eigenvalue weighted by molar-refractivity contribution is -0.124. The molecule has 128 valence electrons. The van der Waals surface area contributed by atoms with E-state index in [0.717, 1.165) is 38.5 Å². The van der Waals surface area contributed by atoms with Gasteiger partial charge in [0.1, 0.15) is 0 Å². The highest BCUT2D eigenvalue weighted by Gasteiger charge is 2.15. The van der Waals surface area contributed by atoms with Gasteiger partial charge in [-0.1, -0.05) is 17.7 Å². The summed E-state index contributed by atoms with van der Waals surface area (Å²) in [5, 5.41) is 2.82. The molecule has 4 nitrogen and oxygen atoms in total. The second-order valence-corrected chi connectivity index (χ2v) is 6.62. The van der Waals surface area contributed by atoms with Crippen LogP contribution in [0.5, 0.6) is 0 Å². The lowest BCUT2D eigenvalue weighted by atomic mass is 9.97. The van der Waals surface area contributed by atoms with E-state index < -0.39 is 5.97 Å². The molecule has 3 rings (SSSR count). The standard InChI is InChI=1S/C20H25NO3/c22-19(21-12-11-15-5-2-1-3-6-15)14-24-20(23)18-10-9-16-7-4-8-17(16)13-18/h5,9-10,13H,1-4,6-8,11-12,14H2,(H,21,22). The number of nitrogens with one attached hydrogen (secondary N) is 1. The second kappa shape index (κ2) is 8.13. The number of carbonyl (C=O) groups is 2. The molecule has 1 aromatic carbocycles. The van der Waals surface area contributed by atoms with Crippen LogP contribution in [-0.4, -0.2) is 25.0 Å². The number of ether oxygens (including phenoxy) is 1. The van der Waals surface area contributed by atoms with Gasteiger partial charge in [-0.05, 0) is 74.6 Å². The first kappa shape index (κ1) is 16.7. The molecule has 24 heavy (non-hydrogen) atoms. The van der Waals surface area contributed by atoms with E-state index >= 15 is 0 Å². The van der Waals surface area contributed by atoms with Crippen molar-refractivity contribution in [2.24, 2.45) is 0 Å². The number of aryl methyl sites for hydroxylation is 2. The van der Waals surface area contributed by atoms with E-state index in [9.17, 15) is 9.59 Å². The molecule has 2 aliphatic rings. The summed E-state index contributed by atoms with van der Waals surface area (Å²) in [6, 6.07) is 5.69. The molecule has 0 radical (unpaired) electrons. The second-order valence-electron chi connectivity index (χ2n) is 6.62. The third kappa shape index (κ3) is 4.47. The summed E-state index contributed by atoms with van der Waals surface area (Å²) in [6.07, 6.45) is 11.2. The molecule has 0 spiro atoms. The Morgan fingerprint density at radius 1 is 1.04 bits per heavy atom. The molecule has 1 aromatic rings. The summed E-state index contributed by atoms with van der Waals surface area (Å²) in [6.45, 7) is 0.399. The zero-order chi connectivity index (χ0) is 16.8. The van der Waals surface area contributed by atoms with E-state index in [1.165, 1.54) is 29.5 Å². The van der Waals surface area contributed by atoms with Crippen molar-refractivity contribution in [3.63, 3.8) is 0 Å².